The van der Waals surface area contributed by atoms with E-state index in [0.29, 0.717) is 0 Å². The minimum absolute atomic E-state index is 0.0180. The van der Waals surface area contributed by atoms with Gasteiger partial charge in [-0.3, -0.25) is 0 Å². The summed E-state index contributed by atoms with van der Waals surface area (Å²) in [4.78, 5) is 35.2. The number of esters is 1. The number of carbonyl (C=O) groups excluding carboxylic acids is 2. The molecule has 0 radical (unpaired) electrons. The molecule has 2 rings (SSSR count). The Bertz CT molecular complexity index is 1140. The number of ether oxygens (including phenoxy) is 5. The van der Waals surface area contributed by atoms with Gasteiger partial charge in [0.2, 0.25) is 12.9 Å². The second-order valence-corrected chi connectivity index (χ2v) is 9.83. The van der Waals surface area contributed by atoms with Gasteiger partial charge in [0.15, 0.2) is 0 Å². The average molecular weight is 605 g/mol. The highest BCUT2D eigenvalue weighted by atomic mass is 32.5. The predicted octanol–water partition coefficient (Wildman–Crippen LogP) is 5.49. The Morgan fingerprint density at radius 1 is 1.03 bits per heavy atom. The molecule has 0 spiro atoms. The zero-order valence-corrected chi connectivity index (χ0v) is 20.3. The van der Waals surface area contributed by atoms with Gasteiger partial charge in [-0.25, -0.2) is 9.59 Å². The fourth-order valence-electron chi connectivity index (χ4n) is 2.97. The van der Waals surface area contributed by atoms with Crippen molar-refractivity contribution in [1.29, 1.82) is 0 Å². The molecule has 0 fully saturated rings. The Morgan fingerprint density at radius 2 is 1.67 bits per heavy atom. The SMILES string of the molecule is CCc1cc(S(F)(F)(F)(F)F)cc2c1O[C@H](C(F)(F)F)C(C(=O)OCOC(=O)OCCOCCO[N+](=O)[O-])=C2. The van der Waals surface area contributed by atoms with Gasteiger partial charge in [0.25, 0.3) is 5.09 Å². The van der Waals surface area contributed by atoms with Crippen LogP contribution in [0.15, 0.2) is 22.6 Å². The van der Waals surface area contributed by atoms with Crippen molar-refractivity contribution in [1.82, 2.24) is 0 Å². The van der Waals surface area contributed by atoms with Crippen molar-refractivity contribution in [2.45, 2.75) is 30.5 Å². The van der Waals surface area contributed by atoms with Gasteiger partial charge in [0.1, 0.15) is 23.9 Å². The fourth-order valence-corrected chi connectivity index (χ4v) is 3.68. The Labute approximate surface area is 213 Å². The van der Waals surface area contributed by atoms with Crippen LogP contribution in [-0.4, -0.2) is 62.7 Å². The van der Waals surface area contributed by atoms with Crippen LogP contribution in [0.25, 0.3) is 6.08 Å². The molecule has 39 heavy (non-hydrogen) atoms. The van der Waals surface area contributed by atoms with Crippen molar-refractivity contribution in [3.05, 3.63) is 38.9 Å². The van der Waals surface area contributed by atoms with E-state index in [2.05, 4.69) is 19.0 Å². The number of carbonyl (C=O) groups is 2. The Kier molecular flexibility index (Phi) is 8.86. The largest absolute Gasteiger partial charge is 0.511 e. The number of rotatable bonds is 12. The summed E-state index contributed by atoms with van der Waals surface area (Å²) in [6, 6.07) is -0.161. The second kappa shape index (κ2) is 10.9. The molecule has 20 heteroatoms. The van der Waals surface area contributed by atoms with Crippen LogP contribution in [0.3, 0.4) is 0 Å². The van der Waals surface area contributed by atoms with E-state index in [1.165, 1.54) is 6.92 Å². The summed E-state index contributed by atoms with van der Waals surface area (Å²) < 4.78 is 130. The van der Waals surface area contributed by atoms with Gasteiger partial charge in [-0.05, 0) is 30.2 Å². The lowest BCUT2D eigenvalue weighted by Gasteiger charge is -2.41. The first kappa shape index (κ1) is 31.7. The molecule has 0 aliphatic carbocycles. The lowest BCUT2D eigenvalue weighted by Crippen LogP contribution is -2.41. The summed E-state index contributed by atoms with van der Waals surface area (Å²) in [6.45, 7) is -1.48. The maximum Gasteiger partial charge on any atom is 0.511 e. The minimum atomic E-state index is -10.3. The molecule has 222 valence electrons. The molecular weight excluding hydrogens is 586 g/mol. The van der Waals surface area contributed by atoms with Crippen molar-refractivity contribution in [2.24, 2.45) is 0 Å². The number of benzene rings is 1. The molecule has 0 saturated carbocycles. The van der Waals surface area contributed by atoms with E-state index in [0.717, 1.165) is 0 Å². The molecule has 0 saturated heterocycles. The van der Waals surface area contributed by atoms with Crippen molar-refractivity contribution >= 4 is 28.4 Å². The van der Waals surface area contributed by atoms with Crippen LogP contribution in [0.2, 0.25) is 0 Å². The highest BCUT2D eigenvalue weighted by Crippen LogP contribution is 3.02. The predicted molar refractivity (Wildman–Crippen MR) is 113 cm³/mol. The molecular formula is C19H19F8NO10S. The van der Waals surface area contributed by atoms with E-state index >= 15 is 0 Å². The molecule has 0 N–H and O–H groups in total. The number of nitrogens with zero attached hydrogens (tertiary/aromatic N) is 1. The minimum Gasteiger partial charge on any atom is -0.475 e. The molecule has 1 heterocycles. The van der Waals surface area contributed by atoms with Gasteiger partial charge in [-0.15, -0.1) is 10.1 Å². The number of aryl methyl sites for hydroxylation is 1. The fraction of sp³-hybridized carbons (Fsp3) is 0.474. The van der Waals surface area contributed by atoms with Gasteiger partial charge in [0, 0.05) is 5.56 Å². The van der Waals surface area contributed by atoms with Gasteiger partial charge < -0.3 is 28.5 Å². The van der Waals surface area contributed by atoms with Gasteiger partial charge in [-0.2, -0.15) is 13.2 Å². The lowest BCUT2D eigenvalue weighted by atomic mass is 9.98. The van der Waals surface area contributed by atoms with Crippen molar-refractivity contribution < 1.29 is 75.8 Å². The van der Waals surface area contributed by atoms with Crippen LogP contribution in [-0.2, 0) is 35.0 Å². The summed E-state index contributed by atoms with van der Waals surface area (Å²) in [5.74, 6) is -2.63. The zero-order valence-electron chi connectivity index (χ0n) is 19.5. The topological polar surface area (TPSA) is 133 Å². The summed E-state index contributed by atoms with van der Waals surface area (Å²) in [7, 11) is -10.3. The number of alkyl halides is 3. The van der Waals surface area contributed by atoms with Crippen molar-refractivity contribution in [2.75, 3.05) is 33.2 Å². The van der Waals surface area contributed by atoms with Gasteiger partial charge >= 0.3 is 28.5 Å². The van der Waals surface area contributed by atoms with Crippen LogP contribution >= 0.6 is 10.2 Å². The summed E-state index contributed by atoms with van der Waals surface area (Å²) >= 11 is 0. The second-order valence-electron chi connectivity index (χ2n) is 7.42. The zero-order chi connectivity index (χ0) is 29.7. The Hall–Kier alpha value is -3.55. The number of fused-ring (bicyclic) bond motifs is 1. The van der Waals surface area contributed by atoms with E-state index < -0.39 is 93.5 Å². The monoisotopic (exact) mass is 605 g/mol. The highest BCUT2D eigenvalue weighted by molar-refractivity contribution is 8.45. The van der Waals surface area contributed by atoms with Gasteiger partial charge in [0.05, 0.1) is 18.8 Å². The van der Waals surface area contributed by atoms with Gasteiger partial charge in [-0.1, -0.05) is 26.4 Å². The maximum atomic E-state index is 13.6. The summed E-state index contributed by atoms with van der Waals surface area (Å²) in [5.41, 5.74) is -2.90. The smallest absolute Gasteiger partial charge is 0.475 e. The molecule has 1 aromatic carbocycles. The molecule has 1 aromatic rings. The summed E-state index contributed by atoms with van der Waals surface area (Å²) in [6.07, 6.45) is -9.97. The van der Waals surface area contributed by atoms with E-state index in [-0.39, 0.29) is 31.4 Å². The first-order valence-corrected chi connectivity index (χ1v) is 12.4. The molecule has 0 unspecified atom stereocenters. The number of hydrogen-bond acceptors (Lipinski definition) is 10. The molecule has 1 atom stereocenters. The van der Waals surface area contributed by atoms with Crippen LogP contribution in [0.4, 0.5) is 37.4 Å². The van der Waals surface area contributed by atoms with E-state index in [1.807, 2.05) is 0 Å². The third-order valence-electron chi connectivity index (χ3n) is 4.60. The average Bonchev–Trinajstić information content (AvgIpc) is 2.79. The number of hydrogen-bond donors (Lipinski definition) is 0. The van der Waals surface area contributed by atoms with Crippen molar-refractivity contribution in [3.63, 3.8) is 0 Å². The third kappa shape index (κ3) is 9.30. The third-order valence-corrected chi connectivity index (χ3v) is 5.72. The first-order chi connectivity index (χ1) is 17.7. The van der Waals surface area contributed by atoms with E-state index in [1.54, 1.807) is 0 Å². The highest BCUT2D eigenvalue weighted by Gasteiger charge is 2.66. The molecule has 11 nitrogen and oxygen atoms in total. The maximum absolute atomic E-state index is 13.6. The Balaban J connectivity index is 2.10. The van der Waals surface area contributed by atoms with Crippen LogP contribution in [0, 0.1) is 10.1 Å². The molecule has 0 bridgehead atoms. The van der Waals surface area contributed by atoms with E-state index in [9.17, 15) is 52.3 Å². The molecule has 0 amide bonds. The van der Waals surface area contributed by atoms with Crippen LogP contribution in [0.5, 0.6) is 5.75 Å². The van der Waals surface area contributed by atoms with E-state index in [4.69, 9.17) is 9.47 Å². The Morgan fingerprint density at radius 3 is 2.23 bits per heavy atom. The standard InChI is InChI=1S/C19H19F8NO10S/c1-2-11-7-13(39(23,24,25,26)27)8-12-9-14(16(19(20,21)22)38-15(11)12)17(29)35-10-36-18(30)34-5-3-33-4-6-37-28(31)32/h7-9,16H,2-6,10H2,1H3/t16-/m0/s1. The molecule has 0 aromatic heterocycles. The van der Waals surface area contributed by atoms with Crippen LogP contribution < -0.4 is 4.74 Å². The quantitative estimate of drug-likeness (QED) is 0.0752. The lowest BCUT2D eigenvalue weighted by molar-refractivity contribution is -0.758. The molecule has 1 aliphatic heterocycles. The van der Waals surface area contributed by atoms with Crippen molar-refractivity contribution in [3.8, 4) is 5.75 Å². The summed E-state index contributed by atoms with van der Waals surface area (Å²) in [5, 5.41) is 8.86. The number of halogens is 8. The normalized spacial score (nSPS) is 16.9. The first-order valence-electron chi connectivity index (χ1n) is 10.4. The molecule has 1 aliphatic rings. The van der Waals surface area contributed by atoms with Crippen LogP contribution in [0.1, 0.15) is 18.1 Å².